The summed E-state index contributed by atoms with van der Waals surface area (Å²) in [6, 6.07) is 5.20. The molecule has 0 bridgehead atoms. The lowest BCUT2D eigenvalue weighted by atomic mass is 10.0. The number of hydrogen-bond donors (Lipinski definition) is 1. The molecule has 2 aliphatic rings. The van der Waals surface area contributed by atoms with Crippen LogP contribution in [-0.4, -0.2) is 48.5 Å². The number of rotatable bonds is 3. The topological polar surface area (TPSA) is 67.9 Å². The average Bonchev–Trinajstić information content (AvgIpc) is 3.02. The summed E-state index contributed by atoms with van der Waals surface area (Å²) < 4.78 is 10.5. The predicted molar refractivity (Wildman–Crippen MR) is 80.4 cm³/mol. The van der Waals surface area contributed by atoms with E-state index in [-0.39, 0.29) is 30.5 Å². The Morgan fingerprint density at radius 3 is 2.68 bits per heavy atom. The van der Waals surface area contributed by atoms with Crippen molar-refractivity contribution in [1.29, 1.82) is 0 Å². The normalized spacial score (nSPS) is 17.4. The lowest BCUT2D eigenvalue weighted by Gasteiger charge is -2.32. The Morgan fingerprint density at radius 1 is 1.23 bits per heavy atom. The third kappa shape index (κ3) is 3.11. The van der Waals surface area contributed by atoms with Crippen LogP contribution in [0.2, 0.25) is 0 Å². The van der Waals surface area contributed by atoms with Gasteiger partial charge in [-0.3, -0.25) is 9.59 Å². The minimum atomic E-state index is -0.139. The highest BCUT2D eigenvalue weighted by molar-refractivity contribution is 6.27. The van der Waals surface area contributed by atoms with E-state index in [1.54, 1.807) is 23.1 Å². The van der Waals surface area contributed by atoms with Gasteiger partial charge in [0, 0.05) is 24.7 Å². The van der Waals surface area contributed by atoms with Gasteiger partial charge in [0.05, 0.1) is 0 Å². The fourth-order valence-corrected chi connectivity index (χ4v) is 2.83. The van der Waals surface area contributed by atoms with E-state index >= 15 is 0 Å². The van der Waals surface area contributed by atoms with E-state index in [0.717, 1.165) is 12.8 Å². The molecular formula is C15H17ClN2O4. The Balaban J connectivity index is 1.56. The van der Waals surface area contributed by atoms with Crippen LogP contribution < -0.4 is 14.8 Å². The van der Waals surface area contributed by atoms with Crippen molar-refractivity contribution >= 4 is 23.4 Å². The highest BCUT2D eigenvalue weighted by Crippen LogP contribution is 2.32. The lowest BCUT2D eigenvalue weighted by Crippen LogP contribution is -2.46. The van der Waals surface area contributed by atoms with Gasteiger partial charge >= 0.3 is 0 Å². The molecule has 0 atom stereocenters. The molecule has 1 fully saturated rings. The molecule has 0 radical (unpaired) electrons. The summed E-state index contributed by atoms with van der Waals surface area (Å²) in [7, 11) is 0. The maximum Gasteiger partial charge on any atom is 0.251 e. The highest BCUT2D eigenvalue weighted by atomic mass is 35.5. The van der Waals surface area contributed by atoms with Crippen LogP contribution in [-0.2, 0) is 4.79 Å². The van der Waals surface area contributed by atoms with Gasteiger partial charge in [-0.25, -0.2) is 0 Å². The molecule has 2 heterocycles. The maximum absolute atomic E-state index is 12.3. The number of fused-ring (bicyclic) bond motifs is 1. The molecule has 1 aromatic rings. The number of halogens is 1. The zero-order valence-electron chi connectivity index (χ0n) is 12.0. The summed E-state index contributed by atoms with van der Waals surface area (Å²) in [4.78, 5) is 25.5. The Hall–Kier alpha value is -1.95. The van der Waals surface area contributed by atoms with E-state index in [1.807, 2.05) is 0 Å². The van der Waals surface area contributed by atoms with E-state index < -0.39 is 0 Å². The van der Waals surface area contributed by atoms with E-state index in [2.05, 4.69) is 5.32 Å². The third-order valence-corrected chi connectivity index (χ3v) is 4.16. The molecule has 0 unspecified atom stereocenters. The summed E-state index contributed by atoms with van der Waals surface area (Å²) >= 11 is 5.55. The molecular weight excluding hydrogens is 308 g/mol. The Kier molecular flexibility index (Phi) is 4.38. The van der Waals surface area contributed by atoms with Crippen LogP contribution in [0, 0.1) is 0 Å². The minimum absolute atomic E-state index is 0.00816. The first-order valence-corrected chi connectivity index (χ1v) is 7.75. The molecule has 6 nitrogen and oxygen atoms in total. The third-order valence-electron chi connectivity index (χ3n) is 3.93. The molecule has 2 amide bonds. The SMILES string of the molecule is O=C(NC1CCN(C(=O)CCl)CC1)c1ccc2c(c1)OCO2. The van der Waals surface area contributed by atoms with Crippen LogP contribution in [0.4, 0.5) is 0 Å². The van der Waals surface area contributed by atoms with Crippen LogP contribution >= 0.6 is 11.6 Å². The summed E-state index contributed by atoms with van der Waals surface area (Å²) in [5, 5.41) is 3.00. The lowest BCUT2D eigenvalue weighted by molar-refractivity contribution is -0.129. The van der Waals surface area contributed by atoms with Crippen LogP contribution in [0.5, 0.6) is 11.5 Å². The number of piperidine rings is 1. The summed E-state index contributed by atoms with van der Waals surface area (Å²) in [6.45, 7) is 1.43. The summed E-state index contributed by atoms with van der Waals surface area (Å²) in [5.41, 5.74) is 0.545. The van der Waals surface area contributed by atoms with Crippen molar-refractivity contribution in [3.8, 4) is 11.5 Å². The Morgan fingerprint density at radius 2 is 1.95 bits per heavy atom. The predicted octanol–water partition coefficient (Wildman–Crippen LogP) is 1.37. The number of hydrogen-bond acceptors (Lipinski definition) is 4. The van der Waals surface area contributed by atoms with E-state index in [1.165, 1.54) is 0 Å². The monoisotopic (exact) mass is 324 g/mol. The van der Waals surface area contributed by atoms with E-state index in [9.17, 15) is 9.59 Å². The number of alkyl halides is 1. The molecule has 7 heteroatoms. The largest absolute Gasteiger partial charge is 0.454 e. The number of nitrogens with one attached hydrogen (secondary N) is 1. The van der Waals surface area contributed by atoms with Crippen LogP contribution in [0.3, 0.4) is 0 Å². The number of carbonyl (C=O) groups excluding carboxylic acids is 2. The number of likely N-dealkylation sites (tertiary alicyclic amines) is 1. The van der Waals surface area contributed by atoms with Gasteiger partial charge in [-0.1, -0.05) is 0 Å². The fourth-order valence-electron chi connectivity index (χ4n) is 2.66. The summed E-state index contributed by atoms with van der Waals surface area (Å²) in [6.07, 6.45) is 1.47. The van der Waals surface area contributed by atoms with Gasteiger partial charge < -0.3 is 19.7 Å². The number of ether oxygens (including phenoxy) is 2. The van der Waals surface area contributed by atoms with Gasteiger partial charge in [0.2, 0.25) is 12.7 Å². The number of carbonyl (C=O) groups is 2. The Labute approximate surface area is 133 Å². The zero-order valence-corrected chi connectivity index (χ0v) is 12.8. The van der Waals surface area contributed by atoms with Gasteiger partial charge in [0.1, 0.15) is 5.88 Å². The minimum Gasteiger partial charge on any atom is -0.454 e. The van der Waals surface area contributed by atoms with Gasteiger partial charge in [-0.15, -0.1) is 11.6 Å². The zero-order chi connectivity index (χ0) is 15.5. The van der Waals surface area contributed by atoms with Crippen molar-refractivity contribution in [2.24, 2.45) is 0 Å². The molecule has 0 aromatic heterocycles. The van der Waals surface area contributed by atoms with Gasteiger partial charge in [-0.05, 0) is 31.0 Å². The molecule has 1 aromatic carbocycles. The van der Waals surface area contributed by atoms with Crippen LogP contribution in [0.15, 0.2) is 18.2 Å². The van der Waals surface area contributed by atoms with Crippen molar-refractivity contribution in [3.05, 3.63) is 23.8 Å². The molecule has 1 saturated heterocycles. The quantitative estimate of drug-likeness (QED) is 0.853. The van der Waals surface area contributed by atoms with E-state index in [4.69, 9.17) is 21.1 Å². The molecule has 0 aliphatic carbocycles. The van der Waals surface area contributed by atoms with Crippen LogP contribution in [0.25, 0.3) is 0 Å². The van der Waals surface area contributed by atoms with Crippen molar-refractivity contribution in [2.45, 2.75) is 18.9 Å². The second-order valence-corrected chi connectivity index (χ2v) is 5.60. The molecule has 22 heavy (non-hydrogen) atoms. The average molecular weight is 325 g/mol. The standard InChI is InChI=1S/C15H17ClN2O4/c16-8-14(19)18-5-3-11(4-6-18)17-15(20)10-1-2-12-13(7-10)22-9-21-12/h1-2,7,11H,3-6,8-9H2,(H,17,20). The first-order valence-electron chi connectivity index (χ1n) is 7.21. The first kappa shape index (κ1) is 15.0. The first-order chi connectivity index (χ1) is 10.7. The highest BCUT2D eigenvalue weighted by Gasteiger charge is 2.24. The van der Waals surface area contributed by atoms with Crippen molar-refractivity contribution in [3.63, 3.8) is 0 Å². The smallest absolute Gasteiger partial charge is 0.251 e. The Bertz CT molecular complexity index is 585. The molecule has 1 N–H and O–H groups in total. The summed E-state index contributed by atoms with van der Waals surface area (Å²) in [5.74, 6) is 1.07. The second-order valence-electron chi connectivity index (χ2n) is 5.33. The molecule has 118 valence electrons. The molecule has 2 aliphatic heterocycles. The number of nitrogens with zero attached hydrogens (tertiary/aromatic N) is 1. The van der Waals surface area contributed by atoms with Crippen molar-refractivity contribution in [2.75, 3.05) is 25.8 Å². The van der Waals surface area contributed by atoms with Crippen molar-refractivity contribution in [1.82, 2.24) is 10.2 Å². The molecule has 0 saturated carbocycles. The van der Waals surface area contributed by atoms with Gasteiger partial charge in [0.15, 0.2) is 11.5 Å². The van der Waals surface area contributed by atoms with E-state index in [0.29, 0.717) is 30.2 Å². The van der Waals surface area contributed by atoms with Gasteiger partial charge in [-0.2, -0.15) is 0 Å². The van der Waals surface area contributed by atoms with Gasteiger partial charge in [0.25, 0.3) is 5.91 Å². The second kappa shape index (κ2) is 6.44. The number of benzene rings is 1. The molecule has 3 rings (SSSR count). The number of amides is 2. The maximum atomic E-state index is 12.3. The van der Waals surface area contributed by atoms with Crippen LogP contribution in [0.1, 0.15) is 23.2 Å². The van der Waals surface area contributed by atoms with Crippen molar-refractivity contribution < 1.29 is 19.1 Å². The molecule has 0 spiro atoms. The fraction of sp³-hybridized carbons (Fsp3) is 0.467.